The molecule has 1 atom stereocenters. The maximum Gasteiger partial charge on any atom is 0.344 e. The van der Waals surface area contributed by atoms with Crippen molar-refractivity contribution in [2.24, 2.45) is 0 Å². The van der Waals surface area contributed by atoms with Gasteiger partial charge < -0.3 is 14.8 Å². The lowest BCUT2D eigenvalue weighted by molar-refractivity contribution is -0.155. The molecule has 2 aromatic carbocycles. The number of nitrogens with one attached hydrogen (secondary N) is 1. The Morgan fingerprint density at radius 2 is 1.58 bits per heavy atom. The van der Waals surface area contributed by atoms with Crippen molar-refractivity contribution in [1.82, 2.24) is 0 Å². The average molecular weight is 363 g/mol. The van der Waals surface area contributed by atoms with Gasteiger partial charge in [0.05, 0.1) is 0 Å². The molecule has 2 rings (SSSR count). The van der Waals surface area contributed by atoms with Gasteiger partial charge in [0.25, 0.3) is 5.91 Å². The van der Waals surface area contributed by atoms with Crippen molar-refractivity contribution in [3.05, 3.63) is 59.2 Å². The van der Waals surface area contributed by atoms with Gasteiger partial charge in [-0.15, -0.1) is 0 Å². The lowest BCUT2D eigenvalue weighted by atomic mass is 10.1. The number of amides is 1. The van der Waals surface area contributed by atoms with E-state index in [4.69, 9.17) is 9.47 Å². The number of para-hydroxylation sites is 2. The van der Waals surface area contributed by atoms with Crippen LogP contribution in [0.3, 0.4) is 0 Å². The minimum absolute atomic E-state index is 0.391. The first-order valence-corrected chi connectivity index (χ1v) is 7.93. The first kappa shape index (κ1) is 19.4. The third-order valence-corrected chi connectivity index (χ3v) is 3.63. The maximum atomic E-state index is 13.5. The van der Waals surface area contributed by atoms with Crippen LogP contribution in [-0.2, 0) is 14.3 Å². The Hall–Kier alpha value is -2.96. The number of rotatable bonds is 6. The van der Waals surface area contributed by atoms with Crippen LogP contribution in [0.5, 0.6) is 5.75 Å². The highest BCUT2D eigenvalue weighted by molar-refractivity contribution is 5.95. The Kier molecular flexibility index (Phi) is 6.27. The lowest BCUT2D eigenvalue weighted by Crippen LogP contribution is -2.32. The highest BCUT2D eigenvalue weighted by Gasteiger charge is 2.21. The molecule has 0 aromatic heterocycles. The van der Waals surface area contributed by atoms with E-state index < -0.39 is 41.9 Å². The molecule has 0 aliphatic carbocycles. The number of aryl methyl sites for hydroxylation is 2. The predicted octanol–water partition coefficient (Wildman–Crippen LogP) is 3.53. The van der Waals surface area contributed by atoms with Crippen LogP contribution in [0.1, 0.15) is 18.1 Å². The molecule has 0 spiro atoms. The minimum Gasteiger partial charge on any atom is -0.481 e. The van der Waals surface area contributed by atoms with Gasteiger partial charge in [-0.1, -0.05) is 24.3 Å². The molecule has 2 aromatic rings. The fourth-order valence-corrected chi connectivity index (χ4v) is 2.28. The second kappa shape index (κ2) is 8.42. The van der Waals surface area contributed by atoms with Crippen molar-refractivity contribution in [1.29, 1.82) is 0 Å². The van der Waals surface area contributed by atoms with E-state index in [1.165, 1.54) is 13.0 Å². The van der Waals surface area contributed by atoms with E-state index in [0.717, 1.165) is 23.3 Å². The standard InChI is InChI=1S/C19H19F2NO4/c1-11-6-4-7-12(2)18(11)25-10-16(23)26-13(3)19(24)22-17-14(20)8-5-9-15(17)21/h4-9,13H,10H2,1-3H3,(H,22,24)/t13-/m0/s1. The van der Waals surface area contributed by atoms with E-state index in [-0.39, 0.29) is 0 Å². The molecule has 0 aliphatic rings. The zero-order valence-corrected chi connectivity index (χ0v) is 14.6. The van der Waals surface area contributed by atoms with Crippen molar-refractivity contribution in [3.63, 3.8) is 0 Å². The minimum atomic E-state index is -1.25. The number of halogens is 2. The normalized spacial score (nSPS) is 11.6. The van der Waals surface area contributed by atoms with Gasteiger partial charge in [0.2, 0.25) is 0 Å². The van der Waals surface area contributed by atoms with Gasteiger partial charge in [-0.25, -0.2) is 13.6 Å². The molecule has 0 unspecified atom stereocenters. The summed E-state index contributed by atoms with van der Waals surface area (Å²) in [6.45, 7) is 4.59. The van der Waals surface area contributed by atoms with Gasteiger partial charge in [0.15, 0.2) is 12.7 Å². The summed E-state index contributed by atoms with van der Waals surface area (Å²) in [7, 11) is 0. The maximum absolute atomic E-state index is 13.5. The van der Waals surface area contributed by atoms with Crippen molar-refractivity contribution in [2.45, 2.75) is 26.9 Å². The Labute approximate surface area is 149 Å². The highest BCUT2D eigenvalue weighted by atomic mass is 19.1. The monoisotopic (exact) mass is 363 g/mol. The Balaban J connectivity index is 1.91. The smallest absolute Gasteiger partial charge is 0.344 e. The third-order valence-electron chi connectivity index (χ3n) is 3.63. The van der Waals surface area contributed by atoms with Crippen LogP contribution in [0.2, 0.25) is 0 Å². The number of hydrogen-bond acceptors (Lipinski definition) is 4. The average Bonchev–Trinajstić information content (AvgIpc) is 2.57. The molecule has 7 heteroatoms. The Bertz CT molecular complexity index is 783. The van der Waals surface area contributed by atoms with E-state index in [1.807, 2.05) is 32.0 Å². The molecule has 0 saturated carbocycles. The second-order valence-electron chi connectivity index (χ2n) is 5.73. The summed E-state index contributed by atoms with van der Waals surface area (Å²) in [5.41, 5.74) is 1.13. The number of anilines is 1. The van der Waals surface area contributed by atoms with Crippen LogP contribution in [0, 0.1) is 25.5 Å². The number of hydrogen-bond donors (Lipinski definition) is 1. The van der Waals surface area contributed by atoms with E-state index in [2.05, 4.69) is 5.32 Å². The lowest BCUT2D eigenvalue weighted by Gasteiger charge is -2.15. The fraction of sp³-hybridized carbons (Fsp3) is 0.263. The second-order valence-corrected chi connectivity index (χ2v) is 5.73. The molecule has 0 radical (unpaired) electrons. The van der Waals surface area contributed by atoms with E-state index in [0.29, 0.717) is 5.75 Å². The van der Waals surface area contributed by atoms with Crippen LogP contribution >= 0.6 is 0 Å². The van der Waals surface area contributed by atoms with Crippen molar-refractivity contribution < 1.29 is 27.8 Å². The highest BCUT2D eigenvalue weighted by Crippen LogP contribution is 2.22. The predicted molar refractivity (Wildman–Crippen MR) is 92.0 cm³/mol. The largest absolute Gasteiger partial charge is 0.481 e. The van der Waals surface area contributed by atoms with Gasteiger partial charge in [-0.2, -0.15) is 0 Å². The fourth-order valence-electron chi connectivity index (χ4n) is 2.28. The van der Waals surface area contributed by atoms with E-state index in [9.17, 15) is 18.4 Å². The zero-order chi connectivity index (χ0) is 19.3. The quantitative estimate of drug-likeness (QED) is 0.798. The first-order chi connectivity index (χ1) is 12.3. The van der Waals surface area contributed by atoms with Gasteiger partial charge >= 0.3 is 5.97 Å². The van der Waals surface area contributed by atoms with E-state index in [1.54, 1.807) is 0 Å². The number of benzene rings is 2. The molecule has 1 amide bonds. The van der Waals surface area contributed by atoms with Gasteiger partial charge in [-0.05, 0) is 44.0 Å². The number of carbonyl (C=O) groups is 2. The van der Waals surface area contributed by atoms with Crippen LogP contribution in [0.15, 0.2) is 36.4 Å². The Morgan fingerprint density at radius 1 is 1.04 bits per heavy atom. The SMILES string of the molecule is Cc1cccc(C)c1OCC(=O)O[C@@H](C)C(=O)Nc1c(F)cccc1F. The third kappa shape index (κ3) is 4.78. The molecule has 0 aliphatic heterocycles. The Morgan fingerprint density at radius 3 is 2.15 bits per heavy atom. The topological polar surface area (TPSA) is 64.6 Å². The molecule has 0 heterocycles. The van der Waals surface area contributed by atoms with Crippen molar-refractivity contribution >= 4 is 17.6 Å². The molecule has 0 saturated heterocycles. The van der Waals surface area contributed by atoms with Crippen LogP contribution in [-0.4, -0.2) is 24.6 Å². The summed E-state index contributed by atoms with van der Waals surface area (Å²) in [5, 5.41) is 2.07. The molecular weight excluding hydrogens is 344 g/mol. The molecule has 138 valence electrons. The van der Waals surface area contributed by atoms with Crippen LogP contribution in [0.4, 0.5) is 14.5 Å². The summed E-state index contributed by atoms with van der Waals surface area (Å²) >= 11 is 0. The molecule has 5 nitrogen and oxygen atoms in total. The van der Waals surface area contributed by atoms with Crippen LogP contribution in [0.25, 0.3) is 0 Å². The molecule has 26 heavy (non-hydrogen) atoms. The zero-order valence-electron chi connectivity index (χ0n) is 14.6. The van der Waals surface area contributed by atoms with Crippen LogP contribution < -0.4 is 10.1 Å². The van der Waals surface area contributed by atoms with Gasteiger partial charge in [0.1, 0.15) is 23.1 Å². The first-order valence-electron chi connectivity index (χ1n) is 7.93. The molecule has 1 N–H and O–H groups in total. The summed E-state index contributed by atoms with van der Waals surface area (Å²) in [6, 6.07) is 8.74. The number of ether oxygens (including phenoxy) is 2. The summed E-state index contributed by atoms with van der Waals surface area (Å²) in [5.74, 6) is -2.90. The molecule has 0 fully saturated rings. The molecule has 0 bridgehead atoms. The number of carbonyl (C=O) groups excluding carboxylic acids is 2. The summed E-state index contributed by atoms with van der Waals surface area (Å²) < 4.78 is 37.5. The van der Waals surface area contributed by atoms with Crippen molar-refractivity contribution in [3.8, 4) is 5.75 Å². The summed E-state index contributed by atoms with van der Waals surface area (Å²) in [6.07, 6.45) is -1.25. The van der Waals surface area contributed by atoms with Crippen molar-refractivity contribution in [2.75, 3.05) is 11.9 Å². The number of esters is 1. The summed E-state index contributed by atoms with van der Waals surface area (Å²) in [4.78, 5) is 23.8. The van der Waals surface area contributed by atoms with Gasteiger partial charge in [-0.3, -0.25) is 4.79 Å². The van der Waals surface area contributed by atoms with E-state index >= 15 is 0 Å². The van der Waals surface area contributed by atoms with Gasteiger partial charge in [0, 0.05) is 0 Å². The molecular formula is C19H19F2NO4.